The van der Waals surface area contributed by atoms with E-state index >= 15 is 0 Å². The Labute approximate surface area is 90.9 Å². The molecule has 0 radical (unpaired) electrons. The van der Waals surface area contributed by atoms with Gasteiger partial charge in [-0.2, -0.15) is 0 Å². The highest BCUT2D eigenvalue weighted by atomic mass is 32.5. The van der Waals surface area contributed by atoms with Gasteiger partial charge in [0.15, 0.2) is 0 Å². The molecule has 0 fully saturated rings. The van der Waals surface area contributed by atoms with Crippen LogP contribution < -0.4 is 0 Å². The van der Waals surface area contributed by atoms with Crippen molar-refractivity contribution in [1.29, 1.82) is 0 Å². The van der Waals surface area contributed by atoms with Crippen molar-refractivity contribution in [2.45, 2.75) is 45.4 Å². The molecule has 88 valence electrons. The van der Waals surface area contributed by atoms with E-state index in [0.717, 1.165) is 6.42 Å². The molecule has 6 heteroatoms. The van der Waals surface area contributed by atoms with E-state index in [1.165, 1.54) is 32.1 Å². The van der Waals surface area contributed by atoms with Gasteiger partial charge >= 0.3 is 6.72 Å². The van der Waals surface area contributed by atoms with Gasteiger partial charge < -0.3 is 19.8 Å². The third-order valence-electron chi connectivity index (χ3n) is 1.51. The molecule has 0 aliphatic carbocycles. The van der Waals surface area contributed by atoms with Crippen molar-refractivity contribution in [2.75, 3.05) is 6.61 Å². The quantitative estimate of drug-likeness (QED) is 0.421. The van der Waals surface area contributed by atoms with E-state index in [1.54, 1.807) is 0 Å². The number of hydrogen-bond donors (Lipinski definition) is 4. The van der Waals surface area contributed by atoms with Crippen LogP contribution in [0.15, 0.2) is 0 Å². The maximum absolute atomic E-state index is 8.42. The number of unbranched alkanes of at least 4 members (excludes halogenated alkanes) is 5. The molecule has 0 spiro atoms. The van der Waals surface area contributed by atoms with Gasteiger partial charge in [-0.15, -0.1) is 0 Å². The summed E-state index contributed by atoms with van der Waals surface area (Å²) in [7, 11) is 0. The normalized spacial score (nSPS) is 10.6. The zero-order chi connectivity index (χ0) is 11.4. The molecule has 0 heterocycles. The minimum atomic E-state index is -3.81. The fourth-order valence-electron chi connectivity index (χ4n) is 0.892. The molecule has 0 amide bonds. The lowest BCUT2D eigenvalue weighted by Crippen LogP contribution is -1.82. The van der Waals surface area contributed by atoms with Crippen LogP contribution in [0.5, 0.6) is 0 Å². The molecule has 0 aromatic rings. The molecule has 0 aromatic carbocycles. The summed E-state index contributed by atoms with van der Waals surface area (Å²) in [4.78, 5) is 22.7. The molecular weight excluding hydrogens is 223 g/mol. The summed E-state index contributed by atoms with van der Waals surface area (Å²) >= 11 is 3.60. The highest BCUT2D eigenvalue weighted by Gasteiger charge is 1.92. The second-order valence-corrected chi connectivity index (χ2v) is 5.50. The minimum absolute atomic E-state index is 0.367. The number of aliphatic hydroxyl groups is 1. The van der Waals surface area contributed by atoms with Gasteiger partial charge in [-0.25, -0.2) is 0 Å². The molecule has 0 atom stereocenters. The predicted octanol–water partition coefficient (Wildman–Crippen LogP) is 1.53. The molecule has 0 rings (SSSR count). The highest BCUT2D eigenvalue weighted by Crippen LogP contribution is 2.26. The van der Waals surface area contributed by atoms with E-state index in [9.17, 15) is 0 Å². The third kappa shape index (κ3) is 39.1. The lowest BCUT2D eigenvalue weighted by atomic mass is 10.1. The minimum Gasteiger partial charge on any atom is -0.396 e. The van der Waals surface area contributed by atoms with Crippen molar-refractivity contribution in [3.63, 3.8) is 0 Å². The van der Waals surface area contributed by atoms with Crippen LogP contribution in [0.4, 0.5) is 0 Å². The Morgan fingerprint density at radius 1 is 0.929 bits per heavy atom. The molecule has 4 nitrogen and oxygen atoms in total. The Morgan fingerprint density at radius 3 is 1.64 bits per heavy atom. The Hall–Kier alpha value is 0.490. The average molecular weight is 244 g/mol. The van der Waals surface area contributed by atoms with Crippen molar-refractivity contribution < 1.29 is 19.8 Å². The van der Waals surface area contributed by atoms with Crippen molar-refractivity contribution in [3.8, 4) is 0 Å². The van der Waals surface area contributed by atoms with Crippen molar-refractivity contribution in [3.05, 3.63) is 0 Å². The van der Waals surface area contributed by atoms with Gasteiger partial charge in [0.2, 0.25) is 0 Å². The molecule has 0 saturated carbocycles. The second kappa shape index (κ2) is 11.6. The maximum Gasteiger partial charge on any atom is 0.319 e. The van der Waals surface area contributed by atoms with Crippen LogP contribution >= 0.6 is 6.72 Å². The third-order valence-corrected chi connectivity index (χ3v) is 1.51. The number of aliphatic hydroxyl groups excluding tert-OH is 1. The fourth-order valence-corrected chi connectivity index (χ4v) is 0.892. The van der Waals surface area contributed by atoms with Crippen LogP contribution in [-0.4, -0.2) is 26.4 Å². The Balaban J connectivity index is 0. The lowest BCUT2D eigenvalue weighted by molar-refractivity contribution is 0.282. The Morgan fingerprint density at radius 2 is 1.29 bits per heavy atom. The van der Waals surface area contributed by atoms with Crippen LogP contribution in [0.25, 0.3) is 0 Å². The van der Waals surface area contributed by atoms with Crippen LogP contribution in [0.1, 0.15) is 45.4 Å². The zero-order valence-electron chi connectivity index (χ0n) is 8.59. The van der Waals surface area contributed by atoms with Crippen molar-refractivity contribution in [1.82, 2.24) is 0 Å². The van der Waals surface area contributed by atoms with Crippen LogP contribution in [-0.2, 0) is 11.8 Å². The SMILES string of the molecule is CCCCCCCCO.OP(O)(O)=S. The fraction of sp³-hybridized carbons (Fsp3) is 1.00. The van der Waals surface area contributed by atoms with E-state index in [0.29, 0.717) is 6.61 Å². The molecule has 0 aromatic heterocycles. The molecule has 0 bridgehead atoms. The lowest BCUT2D eigenvalue weighted by Gasteiger charge is -1.95. The molecule has 0 saturated heterocycles. The largest absolute Gasteiger partial charge is 0.396 e. The molecule has 0 aliphatic rings. The van der Waals surface area contributed by atoms with Gasteiger partial charge in [-0.05, 0) is 18.2 Å². The van der Waals surface area contributed by atoms with Crippen molar-refractivity contribution >= 4 is 18.5 Å². The molecule has 0 aliphatic heterocycles. The first-order chi connectivity index (χ1) is 6.41. The topological polar surface area (TPSA) is 80.9 Å². The van der Waals surface area contributed by atoms with E-state index in [1.807, 2.05) is 0 Å². The van der Waals surface area contributed by atoms with Crippen LogP contribution in [0.3, 0.4) is 0 Å². The molecule has 14 heavy (non-hydrogen) atoms. The van der Waals surface area contributed by atoms with Gasteiger partial charge in [0, 0.05) is 6.61 Å². The van der Waals surface area contributed by atoms with Gasteiger partial charge in [-0.3, -0.25) is 0 Å². The summed E-state index contributed by atoms with van der Waals surface area (Å²) < 4.78 is 0. The smallest absolute Gasteiger partial charge is 0.319 e. The summed E-state index contributed by atoms with van der Waals surface area (Å²) in [5.41, 5.74) is 0. The van der Waals surface area contributed by atoms with E-state index in [2.05, 4.69) is 18.7 Å². The average Bonchev–Trinajstić information content (AvgIpc) is 2.01. The van der Waals surface area contributed by atoms with Crippen molar-refractivity contribution in [2.24, 2.45) is 0 Å². The maximum atomic E-state index is 8.42. The summed E-state index contributed by atoms with van der Waals surface area (Å²) in [6.45, 7) is -1.22. The zero-order valence-corrected chi connectivity index (χ0v) is 10.3. The molecular formula is C8H21O4PS. The van der Waals surface area contributed by atoms with E-state index in [-0.39, 0.29) is 0 Å². The van der Waals surface area contributed by atoms with Gasteiger partial charge in [0.25, 0.3) is 0 Å². The first-order valence-corrected chi connectivity index (χ1v) is 7.47. The van der Waals surface area contributed by atoms with Gasteiger partial charge in [0.05, 0.1) is 0 Å². The number of hydrogen-bond acceptors (Lipinski definition) is 2. The number of rotatable bonds is 6. The summed E-state index contributed by atoms with van der Waals surface area (Å²) in [5.74, 6) is 0. The summed E-state index contributed by atoms with van der Waals surface area (Å²) in [5, 5.41) is 8.42. The molecule has 4 N–H and O–H groups in total. The monoisotopic (exact) mass is 244 g/mol. The molecule has 0 unspecified atom stereocenters. The summed E-state index contributed by atoms with van der Waals surface area (Å²) in [6.07, 6.45) is 7.50. The summed E-state index contributed by atoms with van der Waals surface area (Å²) in [6, 6.07) is 0. The standard InChI is InChI=1S/C8H18O.H3O3PS/c1-2-3-4-5-6-7-8-9;1-4(2,3)5/h9H,2-8H2,1H3;(H3,1,2,3,5). The second-order valence-electron chi connectivity index (χ2n) is 3.00. The van der Waals surface area contributed by atoms with Gasteiger partial charge in [-0.1, -0.05) is 39.0 Å². The Bertz CT molecular complexity index is 134. The Kier molecular flexibility index (Phi) is 14.0. The van der Waals surface area contributed by atoms with Crippen LogP contribution in [0.2, 0.25) is 0 Å². The van der Waals surface area contributed by atoms with Gasteiger partial charge in [0.1, 0.15) is 0 Å². The first-order valence-electron chi connectivity index (χ1n) is 4.81. The first kappa shape index (κ1) is 16.9. The van der Waals surface area contributed by atoms with E-state index in [4.69, 9.17) is 19.8 Å². The highest BCUT2D eigenvalue weighted by molar-refractivity contribution is 8.06. The predicted molar refractivity (Wildman–Crippen MR) is 61.4 cm³/mol. The van der Waals surface area contributed by atoms with E-state index < -0.39 is 6.72 Å². The van der Waals surface area contributed by atoms with Crippen LogP contribution in [0, 0.1) is 0 Å².